The molecular formula is C29H57NO7P+. The highest BCUT2D eigenvalue weighted by Crippen LogP contribution is 2.46. The van der Waals surface area contributed by atoms with E-state index in [1.165, 1.54) is 90.5 Å². The fourth-order valence-electron chi connectivity index (χ4n) is 6.05. The lowest BCUT2D eigenvalue weighted by Crippen LogP contribution is -2.41. The standard InChI is InChI=1S/C29H56NO7P/c1-4-5-6-7-8-9-10-11-12-13-14-15-16-17-20-34-24-29(37-26(2)31)25-36-38(32,33)35-23-28-22-30(3)19-18-27(28)21-30/h27-29H,4-25H2,1-3H3/p+1. The zero-order valence-electron chi connectivity index (χ0n) is 24.6. The molecule has 0 amide bonds. The van der Waals surface area contributed by atoms with Gasteiger partial charge < -0.3 is 18.9 Å². The van der Waals surface area contributed by atoms with Crippen LogP contribution in [0.4, 0.5) is 0 Å². The molecule has 0 aromatic carbocycles. The molecule has 0 radical (unpaired) electrons. The smallest absolute Gasteiger partial charge is 0.458 e. The van der Waals surface area contributed by atoms with Gasteiger partial charge >= 0.3 is 13.8 Å². The van der Waals surface area contributed by atoms with Gasteiger partial charge in [0.1, 0.15) is 6.10 Å². The average Bonchev–Trinajstić information content (AvgIpc) is 3.41. The summed E-state index contributed by atoms with van der Waals surface area (Å²) >= 11 is 0. The van der Waals surface area contributed by atoms with Crippen molar-refractivity contribution in [3.05, 3.63) is 0 Å². The Labute approximate surface area is 232 Å². The fraction of sp³-hybridized carbons (Fsp3) is 0.966. The molecular weight excluding hydrogens is 505 g/mol. The van der Waals surface area contributed by atoms with Crippen LogP contribution in [0, 0.1) is 11.8 Å². The predicted octanol–water partition coefficient (Wildman–Crippen LogP) is 6.65. The number of esters is 1. The van der Waals surface area contributed by atoms with E-state index in [0.717, 1.165) is 36.8 Å². The minimum atomic E-state index is -4.22. The maximum absolute atomic E-state index is 12.4. The largest absolute Gasteiger partial charge is 0.472 e. The minimum absolute atomic E-state index is 0.137. The Morgan fingerprint density at radius 1 is 0.895 bits per heavy atom. The number of carbonyl (C=O) groups excluding carboxylic acids is 1. The van der Waals surface area contributed by atoms with Crippen LogP contribution >= 0.6 is 7.82 Å². The molecule has 224 valence electrons. The number of carbonyl (C=O) groups is 1. The number of nitrogens with zero attached hydrogens (tertiary/aromatic N) is 1. The van der Waals surface area contributed by atoms with Gasteiger partial charge in [0.05, 0.1) is 46.5 Å². The Kier molecular flexibility index (Phi) is 16.7. The number of hydrogen-bond acceptors (Lipinski definition) is 6. The first-order chi connectivity index (χ1) is 18.2. The summed E-state index contributed by atoms with van der Waals surface area (Å²) < 4.78 is 34.8. The second kappa shape index (κ2) is 18.8. The van der Waals surface area contributed by atoms with Crippen LogP contribution in [0.25, 0.3) is 0 Å². The van der Waals surface area contributed by atoms with Crippen LogP contribution in [0.1, 0.15) is 110 Å². The van der Waals surface area contributed by atoms with Gasteiger partial charge in [0.2, 0.25) is 0 Å². The lowest BCUT2D eigenvalue weighted by molar-refractivity contribution is -0.891. The third-order valence-electron chi connectivity index (χ3n) is 8.21. The number of quaternary nitrogens is 1. The van der Waals surface area contributed by atoms with Gasteiger partial charge in [0.25, 0.3) is 0 Å². The van der Waals surface area contributed by atoms with Gasteiger partial charge in [-0.3, -0.25) is 13.8 Å². The zero-order chi connectivity index (χ0) is 27.7. The number of hydrogen-bond donors (Lipinski definition) is 1. The van der Waals surface area contributed by atoms with Crippen LogP contribution in [-0.2, 0) is 27.9 Å². The highest BCUT2D eigenvalue weighted by atomic mass is 31.2. The maximum Gasteiger partial charge on any atom is 0.472 e. The van der Waals surface area contributed by atoms with Crippen molar-refractivity contribution in [1.82, 2.24) is 0 Å². The van der Waals surface area contributed by atoms with E-state index in [1.807, 2.05) is 0 Å². The van der Waals surface area contributed by atoms with Crippen molar-refractivity contribution >= 4 is 13.8 Å². The van der Waals surface area contributed by atoms with Gasteiger partial charge in [-0.15, -0.1) is 0 Å². The lowest BCUT2D eigenvalue weighted by Gasteiger charge is -2.29. The molecule has 38 heavy (non-hydrogen) atoms. The summed E-state index contributed by atoms with van der Waals surface area (Å²) in [5.41, 5.74) is 0. The van der Waals surface area contributed by atoms with E-state index in [1.54, 1.807) is 0 Å². The number of phosphoric ester groups is 1. The number of phosphoric acid groups is 1. The number of fused-ring (bicyclic) bond motifs is 2. The molecule has 0 aromatic rings. The average molecular weight is 563 g/mol. The van der Waals surface area contributed by atoms with E-state index in [0.29, 0.717) is 12.5 Å². The Balaban J connectivity index is 1.46. The van der Waals surface area contributed by atoms with Gasteiger partial charge in [-0.25, -0.2) is 4.57 Å². The summed E-state index contributed by atoms with van der Waals surface area (Å²) in [7, 11) is -1.98. The number of piperidine rings is 1. The molecule has 5 unspecified atom stereocenters. The summed E-state index contributed by atoms with van der Waals surface area (Å²) in [4.78, 5) is 21.6. The Hall–Kier alpha value is -0.500. The Morgan fingerprint density at radius 3 is 1.97 bits per heavy atom. The third-order valence-corrected chi connectivity index (χ3v) is 9.16. The van der Waals surface area contributed by atoms with Gasteiger partial charge in [-0.2, -0.15) is 0 Å². The SMILES string of the molecule is CCCCCCCCCCCCCCCCOCC(COP(=O)(O)OCC1C[N+]2(C)CCC1C2)OC(C)=O. The van der Waals surface area contributed by atoms with E-state index < -0.39 is 19.9 Å². The van der Waals surface area contributed by atoms with Crippen molar-refractivity contribution in [2.24, 2.45) is 11.8 Å². The summed E-state index contributed by atoms with van der Waals surface area (Å²) in [6.45, 7) is 7.56. The summed E-state index contributed by atoms with van der Waals surface area (Å²) in [5.74, 6) is 0.369. The first kappa shape index (κ1) is 33.7. The van der Waals surface area contributed by atoms with Gasteiger partial charge in [-0.05, 0) is 6.42 Å². The third kappa shape index (κ3) is 14.8. The van der Waals surface area contributed by atoms with Crippen LogP contribution in [0.3, 0.4) is 0 Å². The molecule has 2 aliphatic rings. The van der Waals surface area contributed by atoms with Gasteiger partial charge in [0.15, 0.2) is 0 Å². The molecule has 2 rings (SSSR count). The monoisotopic (exact) mass is 562 g/mol. The van der Waals surface area contributed by atoms with Crippen molar-refractivity contribution < 1.29 is 37.3 Å². The van der Waals surface area contributed by atoms with Gasteiger partial charge in [0, 0.05) is 31.8 Å². The van der Waals surface area contributed by atoms with E-state index >= 15 is 0 Å². The molecule has 5 atom stereocenters. The highest BCUT2D eigenvalue weighted by molar-refractivity contribution is 7.47. The Bertz CT molecular complexity index is 694. The normalized spacial score (nSPS) is 24.9. The number of ether oxygens (including phenoxy) is 2. The van der Waals surface area contributed by atoms with E-state index in [-0.39, 0.29) is 25.7 Å². The van der Waals surface area contributed by atoms with Crippen molar-refractivity contribution in [2.45, 2.75) is 116 Å². The quantitative estimate of drug-likeness (QED) is 0.0610. The van der Waals surface area contributed by atoms with Crippen molar-refractivity contribution in [3.63, 3.8) is 0 Å². The molecule has 2 fully saturated rings. The predicted molar refractivity (Wildman–Crippen MR) is 151 cm³/mol. The highest BCUT2D eigenvalue weighted by Gasteiger charge is 2.49. The van der Waals surface area contributed by atoms with Crippen LogP contribution in [-0.4, -0.2) is 74.6 Å². The van der Waals surface area contributed by atoms with E-state index in [2.05, 4.69) is 14.0 Å². The second-order valence-electron chi connectivity index (χ2n) is 12.0. The van der Waals surface area contributed by atoms with Crippen LogP contribution in [0.15, 0.2) is 0 Å². The number of rotatable bonds is 24. The molecule has 0 spiro atoms. The molecule has 8 nitrogen and oxygen atoms in total. The summed E-state index contributed by atoms with van der Waals surface area (Å²) in [6.07, 6.45) is 18.7. The fourth-order valence-corrected chi connectivity index (χ4v) is 6.86. The molecule has 0 saturated carbocycles. The minimum Gasteiger partial charge on any atom is -0.458 e. The molecule has 2 aliphatic heterocycles. The zero-order valence-corrected chi connectivity index (χ0v) is 25.5. The lowest BCUT2D eigenvalue weighted by atomic mass is 9.93. The van der Waals surface area contributed by atoms with Crippen molar-refractivity contribution in [2.75, 3.05) is 53.1 Å². The molecule has 0 aromatic heterocycles. The van der Waals surface area contributed by atoms with Crippen LogP contribution < -0.4 is 0 Å². The topological polar surface area (TPSA) is 91.3 Å². The first-order valence-electron chi connectivity index (χ1n) is 15.4. The molecule has 0 aliphatic carbocycles. The van der Waals surface area contributed by atoms with E-state index in [9.17, 15) is 14.3 Å². The number of unbranched alkanes of at least 4 members (excludes halogenated alkanes) is 13. The second-order valence-corrected chi connectivity index (χ2v) is 13.4. The molecule has 2 bridgehead atoms. The molecule has 2 saturated heterocycles. The van der Waals surface area contributed by atoms with Crippen LogP contribution in [0.2, 0.25) is 0 Å². The van der Waals surface area contributed by atoms with Crippen LogP contribution in [0.5, 0.6) is 0 Å². The molecule has 9 heteroatoms. The maximum atomic E-state index is 12.4. The summed E-state index contributed by atoms with van der Waals surface area (Å²) in [6, 6.07) is 0. The molecule has 2 heterocycles. The van der Waals surface area contributed by atoms with Crippen molar-refractivity contribution in [3.8, 4) is 0 Å². The molecule has 1 N–H and O–H groups in total. The van der Waals surface area contributed by atoms with Crippen molar-refractivity contribution in [1.29, 1.82) is 0 Å². The first-order valence-corrected chi connectivity index (χ1v) is 16.9. The summed E-state index contributed by atoms with van der Waals surface area (Å²) in [5, 5.41) is 0. The van der Waals surface area contributed by atoms with E-state index in [4.69, 9.17) is 18.5 Å². The van der Waals surface area contributed by atoms with Gasteiger partial charge in [-0.1, -0.05) is 90.4 Å². The Morgan fingerprint density at radius 2 is 1.47 bits per heavy atom.